The van der Waals surface area contributed by atoms with Gasteiger partial charge in [0.05, 0.1) is 0 Å². The normalized spacial score (nSPS) is 12.4. The summed E-state index contributed by atoms with van der Waals surface area (Å²) in [5.74, 6) is 0. The van der Waals surface area contributed by atoms with Gasteiger partial charge in [0.1, 0.15) is 4.91 Å². The molecule has 0 aromatic heterocycles. The van der Waals surface area contributed by atoms with E-state index in [0.29, 0.717) is 0 Å². The van der Waals surface area contributed by atoms with Gasteiger partial charge in [-0.2, -0.15) is 36.0 Å². The molecule has 0 fully saturated rings. The number of halogens is 6. The van der Waals surface area contributed by atoms with E-state index in [1.54, 1.807) is 0 Å². The third kappa shape index (κ3) is 8.87. The molecule has 84 valence electrons. The van der Waals surface area contributed by atoms with Crippen molar-refractivity contribution >= 4 is 0 Å². The number of hydrogen-bond acceptors (Lipinski definition) is 3. The standard InChI is InChI=1S/C4H4F6NO3/c5-3(6,7)1-13-11(12)14-2-4(8,9)10/h1-2H2/q+1. The largest absolute Gasteiger partial charge is 0.478 e. The summed E-state index contributed by atoms with van der Waals surface area (Å²) < 4.78 is 67.9. The van der Waals surface area contributed by atoms with E-state index in [-0.39, 0.29) is 0 Å². The van der Waals surface area contributed by atoms with E-state index in [9.17, 15) is 31.2 Å². The first-order chi connectivity index (χ1) is 6.10. The number of hydrogen-bond donors (Lipinski definition) is 0. The lowest BCUT2D eigenvalue weighted by molar-refractivity contribution is -0.985. The second-order valence-electron chi connectivity index (χ2n) is 2.00. The Bertz CT molecular complexity index is 178. The Morgan fingerprint density at radius 3 is 1.36 bits per heavy atom. The highest BCUT2D eigenvalue weighted by Gasteiger charge is 2.37. The highest BCUT2D eigenvalue weighted by molar-refractivity contribution is 4.42. The topological polar surface area (TPSA) is 38.5 Å². The maximum absolute atomic E-state index is 11.3. The van der Waals surface area contributed by atoms with E-state index in [0.717, 1.165) is 0 Å². The lowest BCUT2D eigenvalue weighted by atomic mass is 10.7. The van der Waals surface area contributed by atoms with Gasteiger partial charge in [-0.3, -0.25) is 0 Å². The fourth-order valence-electron chi connectivity index (χ4n) is 0.289. The van der Waals surface area contributed by atoms with Crippen LogP contribution in [-0.2, 0) is 9.68 Å². The minimum Gasteiger partial charge on any atom is -0.177 e. The van der Waals surface area contributed by atoms with Crippen LogP contribution >= 0.6 is 0 Å². The fraction of sp³-hybridized carbons (Fsp3) is 1.00. The van der Waals surface area contributed by atoms with Gasteiger partial charge in [-0.05, 0) is 0 Å². The first-order valence-electron chi connectivity index (χ1n) is 2.97. The Kier molecular flexibility index (Phi) is 3.95. The zero-order valence-electron chi connectivity index (χ0n) is 6.35. The Morgan fingerprint density at radius 1 is 0.857 bits per heavy atom. The van der Waals surface area contributed by atoms with Crippen molar-refractivity contribution in [3.8, 4) is 0 Å². The summed E-state index contributed by atoms with van der Waals surface area (Å²) in [6.45, 7) is -4.04. The van der Waals surface area contributed by atoms with Crippen molar-refractivity contribution in [3.63, 3.8) is 0 Å². The van der Waals surface area contributed by atoms with E-state index < -0.39 is 30.7 Å². The van der Waals surface area contributed by atoms with Crippen molar-refractivity contribution in [1.82, 2.24) is 0 Å². The molecule has 0 heterocycles. The molecule has 0 bridgehead atoms. The Morgan fingerprint density at radius 2 is 1.14 bits per heavy atom. The maximum atomic E-state index is 11.3. The molecule has 4 nitrogen and oxygen atoms in total. The molecule has 0 amide bonds. The lowest BCUT2D eigenvalue weighted by Crippen LogP contribution is -2.26. The van der Waals surface area contributed by atoms with Crippen molar-refractivity contribution in [2.24, 2.45) is 0 Å². The molecule has 0 N–H and O–H groups in total. The van der Waals surface area contributed by atoms with Crippen LogP contribution in [0, 0.1) is 4.91 Å². The summed E-state index contributed by atoms with van der Waals surface area (Å²) in [7, 11) is 0. The molecule has 10 heteroatoms. The predicted octanol–water partition coefficient (Wildman–Crippen LogP) is 1.75. The van der Waals surface area contributed by atoms with Gasteiger partial charge >= 0.3 is 17.4 Å². The van der Waals surface area contributed by atoms with Crippen LogP contribution in [0.25, 0.3) is 0 Å². The van der Waals surface area contributed by atoms with Gasteiger partial charge in [-0.25, -0.2) is 0 Å². The monoisotopic (exact) mass is 228 g/mol. The van der Waals surface area contributed by atoms with Crippen molar-refractivity contribution in [3.05, 3.63) is 4.91 Å². The molecule has 0 aliphatic rings. The summed E-state index contributed by atoms with van der Waals surface area (Å²) in [6.07, 6.45) is -9.63. The SMILES string of the molecule is O=[N+](OCC(F)(F)F)OCC(F)(F)F. The number of rotatable bonds is 4. The van der Waals surface area contributed by atoms with Crippen molar-refractivity contribution in [2.45, 2.75) is 12.4 Å². The molecule has 0 saturated heterocycles. The van der Waals surface area contributed by atoms with E-state index in [1.165, 1.54) is 0 Å². The Labute approximate surface area is 72.9 Å². The third-order valence-electron chi connectivity index (χ3n) is 0.667. The van der Waals surface area contributed by atoms with Gasteiger partial charge in [-0.15, -0.1) is 0 Å². The second-order valence-corrected chi connectivity index (χ2v) is 2.00. The average molecular weight is 228 g/mol. The van der Waals surface area contributed by atoms with Crippen LogP contribution in [0.2, 0.25) is 0 Å². The van der Waals surface area contributed by atoms with E-state index in [1.807, 2.05) is 0 Å². The zero-order valence-corrected chi connectivity index (χ0v) is 6.35. The fourth-order valence-corrected chi connectivity index (χ4v) is 0.289. The van der Waals surface area contributed by atoms with E-state index >= 15 is 0 Å². The minimum absolute atomic E-state index is 1.24. The Balaban J connectivity index is 3.68. The molecule has 0 radical (unpaired) electrons. The molecule has 0 aromatic rings. The van der Waals surface area contributed by atoms with Crippen LogP contribution in [0.1, 0.15) is 0 Å². The Hall–Kier alpha value is -1.22. The smallest absolute Gasteiger partial charge is 0.177 e. The molecule has 0 spiro atoms. The zero-order chi connectivity index (χ0) is 11.4. The van der Waals surface area contributed by atoms with Crippen LogP contribution in [-0.4, -0.2) is 30.7 Å². The molecule has 0 aromatic carbocycles. The van der Waals surface area contributed by atoms with Crippen LogP contribution in [0.4, 0.5) is 26.3 Å². The molecular weight excluding hydrogens is 224 g/mol. The van der Waals surface area contributed by atoms with Crippen LogP contribution < -0.4 is 0 Å². The van der Waals surface area contributed by atoms with Crippen LogP contribution in [0.5, 0.6) is 0 Å². The van der Waals surface area contributed by atoms with E-state index in [2.05, 4.69) is 9.68 Å². The van der Waals surface area contributed by atoms with Gasteiger partial charge in [0.25, 0.3) is 13.2 Å². The summed E-state index contributed by atoms with van der Waals surface area (Å²) in [6, 6.07) is 0. The van der Waals surface area contributed by atoms with Gasteiger partial charge in [0.15, 0.2) is 0 Å². The molecule has 0 saturated carbocycles. The predicted molar refractivity (Wildman–Crippen MR) is 27.6 cm³/mol. The highest BCUT2D eigenvalue weighted by Crippen LogP contribution is 2.16. The van der Waals surface area contributed by atoms with Gasteiger partial charge in [0, 0.05) is 0 Å². The third-order valence-corrected chi connectivity index (χ3v) is 0.667. The molecule has 0 unspecified atom stereocenters. The van der Waals surface area contributed by atoms with Gasteiger partial charge < -0.3 is 0 Å². The quantitative estimate of drug-likeness (QED) is 0.543. The second kappa shape index (κ2) is 4.33. The van der Waals surface area contributed by atoms with Crippen molar-refractivity contribution in [2.75, 3.05) is 13.2 Å². The molecular formula is C4H4F6NO3+. The van der Waals surface area contributed by atoms with E-state index in [4.69, 9.17) is 0 Å². The van der Waals surface area contributed by atoms with Crippen LogP contribution in [0.3, 0.4) is 0 Å². The lowest BCUT2D eigenvalue weighted by Gasteiger charge is -2.01. The summed E-state index contributed by atoms with van der Waals surface area (Å²) in [4.78, 5) is 16.5. The molecule has 0 aliphatic heterocycles. The number of alkyl halides is 6. The highest BCUT2D eigenvalue weighted by atomic mass is 19.4. The van der Waals surface area contributed by atoms with Gasteiger partial charge in [0.2, 0.25) is 0 Å². The maximum Gasteiger partial charge on any atom is 0.478 e. The van der Waals surface area contributed by atoms with Crippen molar-refractivity contribution < 1.29 is 41.1 Å². The molecule has 0 atom stereocenters. The molecule has 0 aliphatic carbocycles. The first-order valence-corrected chi connectivity index (χ1v) is 2.97. The summed E-state index contributed by atoms with van der Waals surface area (Å²) in [5, 5.41) is -1.24. The van der Waals surface area contributed by atoms with Crippen molar-refractivity contribution in [1.29, 1.82) is 0 Å². The van der Waals surface area contributed by atoms with Gasteiger partial charge in [-0.1, -0.05) is 0 Å². The average Bonchev–Trinajstić information content (AvgIpc) is 1.94. The van der Waals surface area contributed by atoms with Crippen LogP contribution in [0.15, 0.2) is 0 Å². The summed E-state index contributed by atoms with van der Waals surface area (Å²) >= 11 is 0. The first kappa shape index (κ1) is 12.8. The molecule has 14 heavy (non-hydrogen) atoms. The number of nitrogens with zero attached hydrogens (tertiary/aromatic N) is 1. The molecule has 0 rings (SSSR count). The summed E-state index contributed by atoms with van der Waals surface area (Å²) in [5.41, 5.74) is 0. The minimum atomic E-state index is -4.82.